The van der Waals surface area contributed by atoms with Crippen LogP contribution >= 0.6 is 0 Å². The highest BCUT2D eigenvalue weighted by molar-refractivity contribution is 6.10. The summed E-state index contributed by atoms with van der Waals surface area (Å²) in [5.74, 6) is -3.26. The molecule has 2 heterocycles. The van der Waals surface area contributed by atoms with E-state index in [2.05, 4.69) is 10.4 Å². The van der Waals surface area contributed by atoms with Gasteiger partial charge in [0.15, 0.2) is 11.6 Å². The van der Waals surface area contributed by atoms with Crippen molar-refractivity contribution in [3.05, 3.63) is 83.3 Å². The number of nitrogens with one attached hydrogen (secondary N) is 1. The van der Waals surface area contributed by atoms with Gasteiger partial charge in [-0.05, 0) is 25.1 Å². The number of fused-ring (bicyclic) bond motifs is 2. The number of para-hydroxylation sites is 3. The molecule has 3 aromatic carbocycles. The van der Waals surface area contributed by atoms with E-state index in [-0.39, 0.29) is 33.6 Å². The fourth-order valence-electron chi connectivity index (χ4n) is 4.15. The zero-order chi connectivity index (χ0) is 24.0. The van der Waals surface area contributed by atoms with E-state index in [0.717, 1.165) is 6.07 Å². The highest BCUT2D eigenvalue weighted by atomic mass is 19.2. The van der Waals surface area contributed by atoms with E-state index in [1.54, 1.807) is 30.1 Å². The summed E-state index contributed by atoms with van der Waals surface area (Å²) in [4.78, 5) is 17.7. The first-order chi connectivity index (χ1) is 16.3. The van der Waals surface area contributed by atoms with Gasteiger partial charge in [0.05, 0.1) is 34.7 Å². The van der Waals surface area contributed by atoms with Crippen molar-refractivity contribution in [3.63, 3.8) is 0 Å². The van der Waals surface area contributed by atoms with Gasteiger partial charge < -0.3 is 10.5 Å². The van der Waals surface area contributed by atoms with Gasteiger partial charge in [-0.3, -0.25) is 20.2 Å². The fourth-order valence-corrected chi connectivity index (χ4v) is 4.15. The van der Waals surface area contributed by atoms with Gasteiger partial charge in [-0.2, -0.15) is 0 Å². The molecule has 34 heavy (non-hydrogen) atoms. The SMILES string of the molecule is Cc1nc2c(-c3cc(F)cc(F)c3F)cccc2c(N)c1C(=O)NN1CCOc2ccccc21. The number of hydrogen-bond donors (Lipinski definition) is 2. The van der Waals surface area contributed by atoms with E-state index >= 15 is 0 Å². The Bertz CT molecular complexity index is 1460. The minimum Gasteiger partial charge on any atom is -0.489 e. The van der Waals surface area contributed by atoms with E-state index in [1.807, 2.05) is 18.2 Å². The van der Waals surface area contributed by atoms with Crippen molar-refractivity contribution < 1.29 is 22.7 Å². The van der Waals surface area contributed by atoms with Crippen LogP contribution in [0.25, 0.3) is 22.0 Å². The van der Waals surface area contributed by atoms with Crippen molar-refractivity contribution in [2.24, 2.45) is 0 Å². The number of carbonyl (C=O) groups is 1. The van der Waals surface area contributed by atoms with Gasteiger partial charge in [-0.15, -0.1) is 0 Å². The highest BCUT2D eigenvalue weighted by Gasteiger charge is 2.24. The normalized spacial score (nSPS) is 12.9. The van der Waals surface area contributed by atoms with Gasteiger partial charge in [0, 0.05) is 22.6 Å². The predicted octanol–water partition coefficient (Wildman–Crippen LogP) is 4.75. The molecule has 1 amide bonds. The molecule has 0 fully saturated rings. The highest BCUT2D eigenvalue weighted by Crippen LogP contribution is 2.35. The Hall–Kier alpha value is -4.27. The second-order valence-electron chi connectivity index (χ2n) is 7.85. The van der Waals surface area contributed by atoms with Crippen molar-refractivity contribution in [2.45, 2.75) is 6.92 Å². The lowest BCUT2D eigenvalue weighted by atomic mass is 9.98. The molecule has 0 saturated carbocycles. The lowest BCUT2D eigenvalue weighted by Crippen LogP contribution is -2.47. The van der Waals surface area contributed by atoms with Gasteiger partial charge in [0.25, 0.3) is 5.91 Å². The van der Waals surface area contributed by atoms with Crippen LogP contribution < -0.4 is 20.9 Å². The van der Waals surface area contributed by atoms with Crippen LogP contribution in [0, 0.1) is 24.4 Å². The van der Waals surface area contributed by atoms with E-state index < -0.39 is 23.4 Å². The first-order valence-electron chi connectivity index (χ1n) is 10.5. The minimum atomic E-state index is -1.31. The maximum atomic E-state index is 14.5. The van der Waals surface area contributed by atoms with Gasteiger partial charge >= 0.3 is 0 Å². The molecule has 0 bridgehead atoms. The average Bonchev–Trinajstić information content (AvgIpc) is 2.81. The van der Waals surface area contributed by atoms with Gasteiger partial charge in [0.1, 0.15) is 18.2 Å². The number of nitrogen functional groups attached to an aromatic ring is 1. The second kappa shape index (κ2) is 8.26. The molecule has 0 saturated heterocycles. The number of rotatable bonds is 3. The minimum absolute atomic E-state index is 0.126. The Kier molecular flexibility index (Phi) is 5.24. The summed E-state index contributed by atoms with van der Waals surface area (Å²) in [6, 6.07) is 13.4. The molecule has 5 rings (SSSR count). The zero-order valence-corrected chi connectivity index (χ0v) is 18.0. The van der Waals surface area contributed by atoms with Crippen LogP contribution in [0.15, 0.2) is 54.6 Å². The Morgan fingerprint density at radius 1 is 1.09 bits per heavy atom. The number of aryl methyl sites for hydroxylation is 1. The second-order valence-corrected chi connectivity index (χ2v) is 7.85. The molecule has 9 heteroatoms. The summed E-state index contributed by atoms with van der Waals surface area (Å²) in [5, 5.41) is 2.03. The van der Waals surface area contributed by atoms with Crippen LogP contribution in [-0.2, 0) is 0 Å². The van der Waals surface area contributed by atoms with E-state index in [9.17, 15) is 18.0 Å². The summed E-state index contributed by atoms with van der Waals surface area (Å²) in [6.07, 6.45) is 0. The van der Waals surface area contributed by atoms with Crippen LogP contribution in [0.1, 0.15) is 16.1 Å². The smallest absolute Gasteiger partial charge is 0.273 e. The maximum absolute atomic E-state index is 14.5. The number of hydrogen-bond acceptors (Lipinski definition) is 5. The summed E-state index contributed by atoms with van der Waals surface area (Å²) in [6.45, 7) is 2.41. The van der Waals surface area contributed by atoms with Crippen LogP contribution in [0.5, 0.6) is 5.75 Å². The molecule has 0 atom stereocenters. The number of hydrazine groups is 1. The predicted molar refractivity (Wildman–Crippen MR) is 123 cm³/mol. The number of halogens is 3. The Balaban J connectivity index is 1.58. The monoisotopic (exact) mass is 464 g/mol. The largest absolute Gasteiger partial charge is 0.489 e. The Morgan fingerprint density at radius 2 is 1.88 bits per heavy atom. The van der Waals surface area contributed by atoms with Crippen molar-refractivity contribution >= 4 is 28.2 Å². The molecule has 3 N–H and O–H groups in total. The van der Waals surface area contributed by atoms with E-state index in [0.29, 0.717) is 36.0 Å². The van der Waals surface area contributed by atoms with Crippen LogP contribution in [0.3, 0.4) is 0 Å². The Labute approximate surface area is 192 Å². The summed E-state index contributed by atoms with van der Waals surface area (Å²) in [7, 11) is 0. The molecule has 1 aliphatic heterocycles. The number of nitrogens with zero attached hydrogens (tertiary/aromatic N) is 2. The number of aromatic nitrogens is 1. The lowest BCUT2D eigenvalue weighted by molar-refractivity contribution is 0.0945. The Morgan fingerprint density at radius 3 is 2.71 bits per heavy atom. The average molecular weight is 464 g/mol. The molecule has 1 aromatic heterocycles. The van der Waals surface area contributed by atoms with Gasteiger partial charge in [-0.25, -0.2) is 13.2 Å². The molecule has 0 unspecified atom stereocenters. The zero-order valence-electron chi connectivity index (χ0n) is 18.0. The van der Waals surface area contributed by atoms with Crippen molar-refractivity contribution in [2.75, 3.05) is 23.9 Å². The van der Waals surface area contributed by atoms with Crippen LogP contribution in [0.2, 0.25) is 0 Å². The maximum Gasteiger partial charge on any atom is 0.273 e. The number of amides is 1. The number of pyridine rings is 1. The molecule has 0 spiro atoms. The van der Waals surface area contributed by atoms with Crippen molar-refractivity contribution in [1.29, 1.82) is 0 Å². The van der Waals surface area contributed by atoms with E-state index in [1.165, 1.54) is 6.07 Å². The molecule has 4 aromatic rings. The number of benzene rings is 3. The molecule has 0 radical (unpaired) electrons. The van der Waals surface area contributed by atoms with Gasteiger partial charge in [0.2, 0.25) is 0 Å². The van der Waals surface area contributed by atoms with Crippen molar-refractivity contribution in [1.82, 2.24) is 10.4 Å². The molecular weight excluding hydrogens is 445 g/mol. The standard InChI is InChI=1S/C25H19F3N4O2/c1-13-21(25(33)31-32-9-10-34-20-8-3-2-7-19(20)32)23(29)16-6-4-5-15(24(16)30-13)17-11-14(26)12-18(27)22(17)28/h2-8,11-12H,9-10H2,1H3,(H2,29,30)(H,31,33). The van der Waals surface area contributed by atoms with Crippen LogP contribution in [-0.4, -0.2) is 24.0 Å². The first-order valence-corrected chi connectivity index (χ1v) is 10.5. The molecular formula is C25H19F3N4O2. The molecule has 6 nitrogen and oxygen atoms in total. The first kappa shape index (κ1) is 21.6. The summed E-state index contributed by atoms with van der Waals surface area (Å²) >= 11 is 0. The topological polar surface area (TPSA) is 80.5 Å². The molecule has 0 aliphatic carbocycles. The molecule has 1 aliphatic rings. The number of ether oxygens (including phenoxy) is 1. The van der Waals surface area contributed by atoms with Crippen LogP contribution in [0.4, 0.5) is 24.5 Å². The fraction of sp³-hybridized carbons (Fsp3) is 0.120. The van der Waals surface area contributed by atoms with Crippen molar-refractivity contribution in [3.8, 4) is 16.9 Å². The number of nitrogens with two attached hydrogens (primary N) is 1. The number of anilines is 2. The summed E-state index contributed by atoms with van der Waals surface area (Å²) < 4.78 is 47.8. The molecule has 172 valence electrons. The third-order valence-electron chi connectivity index (χ3n) is 5.71. The van der Waals surface area contributed by atoms with E-state index in [4.69, 9.17) is 10.5 Å². The van der Waals surface area contributed by atoms with Gasteiger partial charge in [-0.1, -0.05) is 30.3 Å². The third-order valence-corrected chi connectivity index (χ3v) is 5.71. The third kappa shape index (κ3) is 3.55. The lowest BCUT2D eigenvalue weighted by Gasteiger charge is -2.31. The summed E-state index contributed by atoms with van der Waals surface area (Å²) in [5.41, 5.74) is 10.6. The quantitative estimate of drug-likeness (QED) is 0.428. The number of carbonyl (C=O) groups excluding carboxylic acids is 1.